The van der Waals surface area contributed by atoms with Gasteiger partial charge < -0.3 is 5.32 Å². The molecule has 0 aromatic heterocycles. The van der Waals surface area contributed by atoms with Crippen molar-refractivity contribution < 1.29 is 8.42 Å². The Balaban J connectivity index is 2.63. The minimum Gasteiger partial charge on any atom is -0.317 e. The number of hydrogen-bond donors (Lipinski definition) is 1. The molecule has 0 bridgehead atoms. The molecule has 120 valence electrons. The molecule has 0 saturated heterocycles. The Kier molecular flexibility index (Phi) is 8.30. The Bertz CT molecular complexity index is 517. The van der Waals surface area contributed by atoms with Crippen molar-refractivity contribution in [3.63, 3.8) is 0 Å². The molecule has 1 atom stereocenters. The van der Waals surface area contributed by atoms with Crippen molar-refractivity contribution in [1.82, 2.24) is 5.32 Å². The van der Waals surface area contributed by atoms with Crippen molar-refractivity contribution in [2.45, 2.75) is 33.1 Å². The highest BCUT2D eigenvalue weighted by molar-refractivity contribution is 7.91. The summed E-state index contributed by atoms with van der Waals surface area (Å²) in [5, 5.41) is 4.05. The van der Waals surface area contributed by atoms with Gasteiger partial charge in [-0.25, -0.2) is 8.42 Å². The molecule has 0 radical (unpaired) electrons. The summed E-state index contributed by atoms with van der Waals surface area (Å²) in [4.78, 5) is 0. The second kappa shape index (κ2) is 9.44. The second-order valence-electron chi connectivity index (χ2n) is 5.45. The molecule has 1 N–H and O–H groups in total. The van der Waals surface area contributed by atoms with Gasteiger partial charge in [0.15, 0.2) is 0 Å². The van der Waals surface area contributed by atoms with Crippen LogP contribution in [0.2, 0.25) is 5.02 Å². The fourth-order valence-corrected chi connectivity index (χ4v) is 4.11. The molecular formula is C16H26ClNO2S. The first-order chi connectivity index (χ1) is 9.96. The minimum absolute atomic E-state index is 0.275. The highest BCUT2D eigenvalue weighted by Crippen LogP contribution is 2.17. The molecule has 21 heavy (non-hydrogen) atoms. The first-order valence-electron chi connectivity index (χ1n) is 7.62. The lowest BCUT2D eigenvalue weighted by Gasteiger charge is -2.17. The summed E-state index contributed by atoms with van der Waals surface area (Å²) >= 11 is 6.01. The Labute approximate surface area is 134 Å². The first-order valence-corrected chi connectivity index (χ1v) is 9.82. The topological polar surface area (TPSA) is 46.2 Å². The molecule has 0 aliphatic rings. The van der Waals surface area contributed by atoms with Gasteiger partial charge in [-0.3, -0.25) is 0 Å². The molecule has 1 rings (SSSR count). The van der Waals surface area contributed by atoms with Gasteiger partial charge >= 0.3 is 0 Å². The van der Waals surface area contributed by atoms with Crippen LogP contribution in [0.1, 0.15) is 32.3 Å². The highest BCUT2D eigenvalue weighted by Gasteiger charge is 2.15. The molecule has 1 unspecified atom stereocenters. The molecule has 5 heteroatoms. The second-order valence-corrected chi connectivity index (χ2v) is 8.19. The number of benzene rings is 1. The van der Waals surface area contributed by atoms with E-state index in [9.17, 15) is 8.42 Å². The van der Waals surface area contributed by atoms with E-state index in [1.165, 1.54) is 5.56 Å². The molecule has 0 heterocycles. The van der Waals surface area contributed by atoms with Crippen LogP contribution in [0.25, 0.3) is 0 Å². The maximum atomic E-state index is 11.9. The zero-order chi connectivity index (χ0) is 15.7. The van der Waals surface area contributed by atoms with Gasteiger partial charge in [0, 0.05) is 10.8 Å². The maximum absolute atomic E-state index is 11.9. The van der Waals surface area contributed by atoms with E-state index in [0.29, 0.717) is 18.8 Å². The van der Waals surface area contributed by atoms with Gasteiger partial charge in [0.05, 0.1) is 5.75 Å². The molecule has 1 aromatic rings. The monoisotopic (exact) mass is 331 g/mol. The van der Waals surface area contributed by atoms with Crippen molar-refractivity contribution in [3.05, 3.63) is 34.9 Å². The van der Waals surface area contributed by atoms with Crippen LogP contribution in [0.15, 0.2) is 24.3 Å². The third-order valence-corrected chi connectivity index (χ3v) is 5.57. The van der Waals surface area contributed by atoms with Crippen molar-refractivity contribution in [3.8, 4) is 0 Å². The predicted molar refractivity (Wildman–Crippen MR) is 90.8 cm³/mol. The Morgan fingerprint density at radius 2 is 2.00 bits per heavy atom. The zero-order valence-corrected chi connectivity index (χ0v) is 14.5. The normalized spacial score (nSPS) is 13.3. The summed E-state index contributed by atoms with van der Waals surface area (Å²) in [5.74, 6) is 0.880. The van der Waals surface area contributed by atoms with Crippen LogP contribution in [0.4, 0.5) is 0 Å². The fourth-order valence-electron chi connectivity index (χ4n) is 2.38. The Morgan fingerprint density at radius 3 is 2.62 bits per heavy atom. The van der Waals surface area contributed by atoms with E-state index in [4.69, 9.17) is 11.6 Å². The van der Waals surface area contributed by atoms with Crippen LogP contribution < -0.4 is 5.32 Å². The van der Waals surface area contributed by atoms with Crippen molar-refractivity contribution in [2.24, 2.45) is 5.92 Å². The van der Waals surface area contributed by atoms with Crippen molar-refractivity contribution in [1.29, 1.82) is 0 Å². The summed E-state index contributed by atoms with van der Waals surface area (Å²) in [5.41, 5.74) is 1.17. The van der Waals surface area contributed by atoms with Crippen molar-refractivity contribution >= 4 is 21.4 Å². The molecule has 0 aliphatic heterocycles. The lowest BCUT2D eigenvalue weighted by molar-refractivity contribution is 0.465. The molecule has 0 aliphatic carbocycles. The van der Waals surface area contributed by atoms with Gasteiger partial charge in [-0.15, -0.1) is 0 Å². The van der Waals surface area contributed by atoms with E-state index in [0.717, 1.165) is 24.5 Å². The van der Waals surface area contributed by atoms with E-state index in [1.54, 1.807) is 0 Å². The van der Waals surface area contributed by atoms with E-state index in [2.05, 4.69) is 12.2 Å². The maximum Gasteiger partial charge on any atom is 0.150 e. The van der Waals surface area contributed by atoms with Gasteiger partial charge in [0.25, 0.3) is 0 Å². The molecule has 3 nitrogen and oxygen atoms in total. The van der Waals surface area contributed by atoms with Crippen LogP contribution in [-0.2, 0) is 16.3 Å². The highest BCUT2D eigenvalue weighted by atomic mass is 35.5. The Morgan fingerprint density at radius 1 is 1.24 bits per heavy atom. The van der Waals surface area contributed by atoms with Crippen molar-refractivity contribution in [2.75, 3.05) is 24.6 Å². The third-order valence-electron chi connectivity index (χ3n) is 3.45. The minimum atomic E-state index is -2.91. The van der Waals surface area contributed by atoms with Gasteiger partial charge in [-0.1, -0.05) is 37.6 Å². The summed E-state index contributed by atoms with van der Waals surface area (Å²) in [6.07, 6.45) is 2.24. The van der Waals surface area contributed by atoms with Gasteiger partial charge in [-0.2, -0.15) is 0 Å². The molecule has 0 spiro atoms. The lowest BCUT2D eigenvalue weighted by Crippen LogP contribution is -2.26. The smallest absolute Gasteiger partial charge is 0.150 e. The zero-order valence-electron chi connectivity index (χ0n) is 12.9. The summed E-state index contributed by atoms with van der Waals surface area (Å²) in [6.45, 7) is 5.70. The molecule has 0 fully saturated rings. The molecular weight excluding hydrogens is 306 g/mol. The van der Waals surface area contributed by atoms with E-state index in [-0.39, 0.29) is 11.5 Å². The quantitative estimate of drug-likeness (QED) is 0.715. The lowest BCUT2D eigenvalue weighted by atomic mass is 9.97. The molecule has 0 amide bonds. The third kappa shape index (κ3) is 7.84. The van der Waals surface area contributed by atoms with Gasteiger partial charge in [-0.05, 0) is 56.0 Å². The van der Waals surface area contributed by atoms with E-state index < -0.39 is 9.84 Å². The average molecular weight is 332 g/mol. The molecule has 1 aromatic carbocycles. The SMILES string of the molecule is CCCS(=O)(=O)CCC(CNCC)Cc1cccc(Cl)c1. The number of nitrogens with one attached hydrogen (secondary N) is 1. The van der Waals surface area contributed by atoms with Gasteiger partial charge in [0.1, 0.15) is 9.84 Å². The first kappa shape index (κ1) is 18.5. The van der Waals surface area contributed by atoms with Crippen LogP contribution in [0, 0.1) is 5.92 Å². The van der Waals surface area contributed by atoms with Gasteiger partial charge in [0.2, 0.25) is 0 Å². The van der Waals surface area contributed by atoms with Crippen LogP contribution in [-0.4, -0.2) is 33.0 Å². The fraction of sp³-hybridized carbons (Fsp3) is 0.625. The van der Waals surface area contributed by atoms with Crippen LogP contribution in [0.5, 0.6) is 0 Å². The Hall–Kier alpha value is -0.580. The summed E-state index contributed by atoms with van der Waals surface area (Å²) in [6, 6.07) is 7.80. The molecule has 0 saturated carbocycles. The number of hydrogen-bond acceptors (Lipinski definition) is 3. The van der Waals surface area contributed by atoms with E-state index in [1.807, 2.05) is 31.2 Å². The average Bonchev–Trinajstić information content (AvgIpc) is 2.42. The number of sulfone groups is 1. The van der Waals surface area contributed by atoms with E-state index >= 15 is 0 Å². The number of rotatable bonds is 10. The standard InChI is InChI=1S/C16H26ClNO2S/c1-3-9-21(19,20)10-8-15(13-18-4-2)11-14-6-5-7-16(17)12-14/h5-7,12,15,18H,3-4,8-11,13H2,1-2H3. The predicted octanol–water partition coefficient (Wildman–Crippen LogP) is 3.32. The number of halogens is 1. The largest absolute Gasteiger partial charge is 0.317 e. The van der Waals surface area contributed by atoms with Crippen LogP contribution >= 0.6 is 11.6 Å². The summed E-state index contributed by atoms with van der Waals surface area (Å²) in [7, 11) is -2.91. The summed E-state index contributed by atoms with van der Waals surface area (Å²) < 4.78 is 23.7. The van der Waals surface area contributed by atoms with Crippen LogP contribution in [0.3, 0.4) is 0 Å².